The van der Waals surface area contributed by atoms with Crippen molar-refractivity contribution in [2.75, 3.05) is 6.61 Å². The van der Waals surface area contributed by atoms with E-state index < -0.39 is 34.5 Å². The van der Waals surface area contributed by atoms with Gasteiger partial charge in [0.1, 0.15) is 11.5 Å². The van der Waals surface area contributed by atoms with Crippen LogP contribution in [-0.4, -0.2) is 55.8 Å². The number of aldehydes is 2. The van der Waals surface area contributed by atoms with Gasteiger partial charge in [-0.15, -0.1) is 0 Å². The Hall–Kier alpha value is -4.99. The highest BCUT2D eigenvalue weighted by molar-refractivity contribution is 6.14. The van der Waals surface area contributed by atoms with Gasteiger partial charge in [-0.3, -0.25) is 14.4 Å². The van der Waals surface area contributed by atoms with Crippen molar-refractivity contribution in [3.8, 4) is 45.6 Å². The second-order valence-corrected chi connectivity index (χ2v) is 11.2. The summed E-state index contributed by atoms with van der Waals surface area (Å²) in [6.45, 7) is 14.2. The molecule has 0 aliphatic carbocycles. The maximum Gasteiger partial charge on any atom is 0.302 e. The summed E-state index contributed by atoms with van der Waals surface area (Å²) in [5.41, 5.74) is 1.33. The lowest BCUT2D eigenvalue weighted by atomic mass is 9.83. The molecule has 234 valence electrons. The third kappa shape index (κ3) is 5.43. The van der Waals surface area contributed by atoms with E-state index in [0.717, 1.165) is 0 Å². The van der Waals surface area contributed by atoms with Crippen LogP contribution in [0.5, 0.6) is 34.5 Å². The van der Waals surface area contributed by atoms with Crippen LogP contribution in [0.2, 0.25) is 0 Å². The average molecular weight is 607 g/mol. The minimum absolute atomic E-state index is 0.00512. The zero-order chi connectivity index (χ0) is 33.4. The molecule has 0 radical (unpaired) electrons. The number of ether oxygens (including phenoxy) is 1. The number of hydrogen-bond donors (Lipinski definition) is 6. The Morgan fingerprint density at radius 3 is 1.25 bits per heavy atom. The number of carbonyl (C=O) groups excluding carboxylic acids is 3. The first-order chi connectivity index (χ1) is 20.6. The molecular formula is C34H38O10. The van der Waals surface area contributed by atoms with E-state index in [-0.39, 0.29) is 50.8 Å². The van der Waals surface area contributed by atoms with Gasteiger partial charge >= 0.3 is 5.97 Å². The van der Waals surface area contributed by atoms with Crippen molar-refractivity contribution in [3.63, 3.8) is 0 Å². The molecule has 0 saturated heterocycles. The van der Waals surface area contributed by atoms with Crippen molar-refractivity contribution < 1.29 is 49.8 Å². The largest absolute Gasteiger partial charge is 0.507 e. The lowest BCUT2D eigenvalue weighted by Gasteiger charge is -2.23. The van der Waals surface area contributed by atoms with Crippen molar-refractivity contribution in [2.45, 2.75) is 67.2 Å². The summed E-state index contributed by atoms with van der Waals surface area (Å²) in [5.74, 6) is -3.78. The Kier molecular flexibility index (Phi) is 9.68. The van der Waals surface area contributed by atoms with Gasteiger partial charge < -0.3 is 35.4 Å². The standard InChI is InChI=1S/C30H30O8.C4H8O2/c1-11(2)19-15-7-13(5)21(27(35)23(15)17(9-31)25(33)29(19)37)22-14(6)8-16-20(12(3)4)30(38)26(34)18(10-32)24(16)28(22)36;1-3-6-4(2)5/h7-12,33-38H,1-6H3;3H2,1-2H3. The van der Waals surface area contributed by atoms with Crippen LogP contribution in [0.1, 0.15) is 96.3 Å². The molecule has 4 aromatic carbocycles. The van der Waals surface area contributed by atoms with Gasteiger partial charge in [0.2, 0.25) is 0 Å². The molecule has 0 bridgehead atoms. The quantitative estimate of drug-likeness (QED) is 0.0763. The molecule has 0 aliphatic rings. The second kappa shape index (κ2) is 12.7. The summed E-state index contributed by atoms with van der Waals surface area (Å²) in [4.78, 5) is 33.8. The topological polar surface area (TPSA) is 182 Å². The molecule has 4 aromatic rings. The molecule has 0 heterocycles. The summed E-state index contributed by atoms with van der Waals surface area (Å²) in [7, 11) is 0. The highest BCUT2D eigenvalue weighted by atomic mass is 16.5. The Bertz CT molecular complexity index is 1690. The molecule has 0 saturated carbocycles. The molecule has 4 rings (SSSR count). The number of aryl methyl sites for hydroxylation is 2. The van der Waals surface area contributed by atoms with Gasteiger partial charge in [-0.25, -0.2) is 0 Å². The van der Waals surface area contributed by atoms with E-state index in [0.29, 0.717) is 52.2 Å². The maximum atomic E-state index is 12.0. The fraction of sp³-hybridized carbons (Fsp3) is 0.324. The van der Waals surface area contributed by atoms with E-state index in [9.17, 15) is 45.0 Å². The van der Waals surface area contributed by atoms with Crippen molar-refractivity contribution >= 4 is 40.1 Å². The molecule has 44 heavy (non-hydrogen) atoms. The van der Waals surface area contributed by atoms with Crippen molar-refractivity contribution in [2.24, 2.45) is 0 Å². The van der Waals surface area contributed by atoms with Gasteiger partial charge in [-0.2, -0.15) is 0 Å². The predicted molar refractivity (Wildman–Crippen MR) is 168 cm³/mol. The molecular weight excluding hydrogens is 568 g/mol. The zero-order valence-electron chi connectivity index (χ0n) is 26.0. The number of phenolic OH excluding ortho intramolecular Hbond substituents is 6. The van der Waals surface area contributed by atoms with Crippen LogP contribution in [0.25, 0.3) is 32.7 Å². The number of fused-ring (bicyclic) bond motifs is 2. The molecule has 0 unspecified atom stereocenters. The zero-order valence-corrected chi connectivity index (χ0v) is 26.0. The maximum absolute atomic E-state index is 12.0. The predicted octanol–water partition coefficient (Wildman–Crippen LogP) is 6.95. The van der Waals surface area contributed by atoms with Gasteiger partial charge in [0.05, 0.1) is 17.7 Å². The third-order valence-corrected chi connectivity index (χ3v) is 7.57. The number of benzene rings is 4. The van der Waals surface area contributed by atoms with Gasteiger partial charge in [-0.05, 0) is 54.5 Å². The summed E-state index contributed by atoms with van der Waals surface area (Å²) >= 11 is 0. The lowest BCUT2D eigenvalue weighted by molar-refractivity contribution is -0.140. The fourth-order valence-electron chi connectivity index (χ4n) is 5.81. The van der Waals surface area contributed by atoms with E-state index in [2.05, 4.69) is 4.74 Å². The highest BCUT2D eigenvalue weighted by Crippen LogP contribution is 2.54. The molecule has 0 atom stereocenters. The van der Waals surface area contributed by atoms with E-state index in [1.54, 1.807) is 60.6 Å². The number of aromatic hydroxyl groups is 6. The Labute approximate surface area is 254 Å². The van der Waals surface area contributed by atoms with Crippen molar-refractivity contribution in [1.29, 1.82) is 0 Å². The number of phenols is 6. The molecule has 10 heteroatoms. The smallest absolute Gasteiger partial charge is 0.302 e. The average Bonchev–Trinajstić information content (AvgIpc) is 2.92. The van der Waals surface area contributed by atoms with E-state index in [4.69, 9.17) is 0 Å². The van der Waals surface area contributed by atoms with Crippen LogP contribution in [0.3, 0.4) is 0 Å². The lowest BCUT2D eigenvalue weighted by Crippen LogP contribution is -2.01. The number of carbonyl (C=O) groups is 3. The number of rotatable bonds is 6. The van der Waals surface area contributed by atoms with Crippen LogP contribution in [0.4, 0.5) is 0 Å². The highest BCUT2D eigenvalue weighted by Gasteiger charge is 2.29. The minimum atomic E-state index is -0.661. The first-order valence-electron chi connectivity index (χ1n) is 14.1. The summed E-state index contributed by atoms with van der Waals surface area (Å²) in [5, 5.41) is 66.4. The SMILES string of the molecule is CCOC(C)=O.Cc1cc2c(C(C)C)c(O)c(O)c(C=O)c2c(O)c1-c1c(C)cc2c(C(C)C)c(O)c(O)c(C=O)c2c1O. The fourth-order valence-corrected chi connectivity index (χ4v) is 5.81. The van der Waals surface area contributed by atoms with E-state index in [1.165, 1.54) is 6.92 Å². The van der Waals surface area contributed by atoms with Gasteiger partial charge in [-0.1, -0.05) is 39.8 Å². The summed E-state index contributed by atoms with van der Waals surface area (Å²) in [6, 6.07) is 3.31. The Balaban J connectivity index is 0.000000801. The van der Waals surface area contributed by atoms with Crippen LogP contribution in [0, 0.1) is 13.8 Å². The minimum Gasteiger partial charge on any atom is -0.507 e. The van der Waals surface area contributed by atoms with Gasteiger partial charge in [0, 0.05) is 39.9 Å². The first-order valence-corrected chi connectivity index (χ1v) is 14.1. The molecule has 10 nitrogen and oxygen atoms in total. The first kappa shape index (κ1) is 33.5. The Morgan fingerprint density at radius 2 is 1.02 bits per heavy atom. The Morgan fingerprint density at radius 1 is 0.682 bits per heavy atom. The monoisotopic (exact) mass is 606 g/mol. The van der Waals surface area contributed by atoms with Crippen LogP contribution < -0.4 is 0 Å². The van der Waals surface area contributed by atoms with Crippen molar-refractivity contribution in [1.82, 2.24) is 0 Å². The molecule has 6 N–H and O–H groups in total. The van der Waals surface area contributed by atoms with Crippen LogP contribution in [0.15, 0.2) is 12.1 Å². The van der Waals surface area contributed by atoms with Crippen molar-refractivity contribution in [3.05, 3.63) is 45.5 Å². The van der Waals surface area contributed by atoms with E-state index in [1.807, 2.05) is 0 Å². The van der Waals surface area contributed by atoms with Gasteiger partial charge in [0.25, 0.3) is 0 Å². The summed E-state index contributed by atoms with van der Waals surface area (Å²) < 4.78 is 4.40. The van der Waals surface area contributed by atoms with Crippen LogP contribution >= 0.6 is 0 Å². The second-order valence-electron chi connectivity index (χ2n) is 11.2. The molecule has 0 amide bonds. The van der Waals surface area contributed by atoms with Crippen LogP contribution in [-0.2, 0) is 9.53 Å². The summed E-state index contributed by atoms with van der Waals surface area (Å²) in [6.07, 6.45) is 0.682. The van der Waals surface area contributed by atoms with E-state index >= 15 is 0 Å². The number of hydrogen-bond acceptors (Lipinski definition) is 10. The number of esters is 1. The molecule has 0 aliphatic heterocycles. The molecule has 0 aromatic heterocycles. The molecule has 0 fully saturated rings. The third-order valence-electron chi connectivity index (χ3n) is 7.57. The van der Waals surface area contributed by atoms with Gasteiger partial charge in [0.15, 0.2) is 35.6 Å². The normalized spacial score (nSPS) is 11.1. The molecule has 0 spiro atoms.